The quantitative estimate of drug-likeness (QED) is 0.710. The molecule has 72 valence electrons. The van der Waals surface area contributed by atoms with Crippen molar-refractivity contribution in [2.24, 2.45) is 0 Å². The summed E-state index contributed by atoms with van der Waals surface area (Å²) in [6, 6.07) is 2.10. The number of hydrogen-bond acceptors (Lipinski definition) is 3. The predicted molar refractivity (Wildman–Crippen MR) is 55.7 cm³/mol. The second-order valence-corrected chi connectivity index (χ2v) is 3.48. The van der Waals surface area contributed by atoms with Crippen LogP contribution in [-0.2, 0) is 0 Å². The molecule has 0 aliphatic heterocycles. The van der Waals surface area contributed by atoms with Crippen LogP contribution < -0.4 is 10.6 Å². The molecule has 4 nitrogen and oxygen atoms in total. The molecule has 0 fully saturated rings. The maximum Gasteiger partial charge on any atom is 0.175 e. The Balaban J connectivity index is 2.45. The molecule has 1 rings (SSSR count). The number of nitrogens with zero attached hydrogens (tertiary/aromatic N) is 1. The van der Waals surface area contributed by atoms with E-state index in [2.05, 4.69) is 15.8 Å². The molecule has 0 spiro atoms. The largest absolute Gasteiger partial charge is 0.360 e. The Kier molecular flexibility index (Phi) is 3.25. The lowest BCUT2D eigenvalue weighted by molar-refractivity contribution is 0.400. The van der Waals surface area contributed by atoms with Gasteiger partial charge in [0, 0.05) is 12.1 Å². The zero-order chi connectivity index (χ0) is 9.84. The van der Waals surface area contributed by atoms with Crippen molar-refractivity contribution in [2.45, 2.75) is 26.8 Å². The number of nitrogens with one attached hydrogen (secondary N) is 2. The third-order valence-corrected chi connectivity index (χ3v) is 1.51. The highest BCUT2D eigenvalue weighted by Gasteiger charge is 2.02. The highest BCUT2D eigenvalue weighted by atomic mass is 32.1. The van der Waals surface area contributed by atoms with Gasteiger partial charge in [-0.2, -0.15) is 0 Å². The topological polar surface area (TPSA) is 50.1 Å². The van der Waals surface area contributed by atoms with Gasteiger partial charge in [-0.15, -0.1) is 0 Å². The maximum absolute atomic E-state index is 5.02. The molecular formula is C8H13N3OS. The lowest BCUT2D eigenvalue weighted by Crippen LogP contribution is -2.33. The Morgan fingerprint density at radius 3 is 2.77 bits per heavy atom. The molecule has 13 heavy (non-hydrogen) atoms. The third kappa shape index (κ3) is 3.42. The third-order valence-electron chi connectivity index (χ3n) is 1.29. The van der Waals surface area contributed by atoms with Crippen molar-refractivity contribution in [3.05, 3.63) is 11.8 Å². The van der Waals surface area contributed by atoms with Crippen molar-refractivity contribution < 1.29 is 4.52 Å². The van der Waals surface area contributed by atoms with Crippen molar-refractivity contribution in [3.63, 3.8) is 0 Å². The first-order chi connectivity index (χ1) is 6.08. The van der Waals surface area contributed by atoms with Gasteiger partial charge in [-0.3, -0.25) is 0 Å². The van der Waals surface area contributed by atoms with Gasteiger partial charge in [0.05, 0.1) is 0 Å². The minimum Gasteiger partial charge on any atom is -0.360 e. The fourth-order valence-corrected chi connectivity index (χ4v) is 1.18. The van der Waals surface area contributed by atoms with Gasteiger partial charge in [0.25, 0.3) is 0 Å². The van der Waals surface area contributed by atoms with E-state index in [1.807, 2.05) is 20.8 Å². The molecule has 0 bridgehead atoms. The van der Waals surface area contributed by atoms with E-state index in [9.17, 15) is 0 Å². The molecular weight excluding hydrogens is 186 g/mol. The van der Waals surface area contributed by atoms with Crippen LogP contribution in [0.5, 0.6) is 0 Å². The molecule has 0 saturated heterocycles. The summed E-state index contributed by atoms with van der Waals surface area (Å²) in [5, 5.41) is 10.3. The number of rotatable bonds is 2. The molecule has 0 saturated carbocycles. The van der Waals surface area contributed by atoms with E-state index in [-0.39, 0.29) is 0 Å². The van der Waals surface area contributed by atoms with Crippen molar-refractivity contribution in [2.75, 3.05) is 5.32 Å². The predicted octanol–water partition coefficient (Wildman–Crippen LogP) is 1.68. The lowest BCUT2D eigenvalue weighted by atomic mass is 10.4. The van der Waals surface area contributed by atoms with Crippen LogP contribution in [0.2, 0.25) is 0 Å². The number of aryl methyl sites for hydroxylation is 1. The first kappa shape index (κ1) is 9.98. The summed E-state index contributed by atoms with van der Waals surface area (Å²) in [4.78, 5) is 0. The zero-order valence-corrected chi connectivity index (χ0v) is 8.73. The summed E-state index contributed by atoms with van der Waals surface area (Å²) >= 11 is 5.02. The van der Waals surface area contributed by atoms with E-state index in [0.717, 1.165) is 5.76 Å². The van der Waals surface area contributed by atoms with Crippen LogP contribution in [0.25, 0.3) is 0 Å². The molecule has 0 aliphatic rings. The van der Waals surface area contributed by atoms with E-state index < -0.39 is 0 Å². The number of hydrogen-bond donors (Lipinski definition) is 2. The summed E-state index contributed by atoms with van der Waals surface area (Å²) < 4.78 is 4.87. The standard InChI is InChI=1S/C8H13N3OS/c1-5(2)9-8(13)10-7-4-6(3)12-11-7/h4-5H,1-3H3,(H2,9,10,11,13). The van der Waals surface area contributed by atoms with Crippen LogP contribution in [0, 0.1) is 6.92 Å². The Morgan fingerprint density at radius 2 is 2.31 bits per heavy atom. The first-order valence-electron chi connectivity index (χ1n) is 4.09. The van der Waals surface area contributed by atoms with Crippen LogP contribution in [0.1, 0.15) is 19.6 Å². The molecule has 2 N–H and O–H groups in total. The Labute approximate surface area is 82.7 Å². The monoisotopic (exact) mass is 199 g/mol. The summed E-state index contributed by atoms with van der Waals surface area (Å²) in [5.41, 5.74) is 0. The fraction of sp³-hybridized carbons (Fsp3) is 0.500. The lowest BCUT2D eigenvalue weighted by Gasteiger charge is -2.10. The summed E-state index contributed by atoms with van der Waals surface area (Å²) in [5.74, 6) is 1.39. The Morgan fingerprint density at radius 1 is 1.62 bits per heavy atom. The summed E-state index contributed by atoms with van der Waals surface area (Å²) in [7, 11) is 0. The summed E-state index contributed by atoms with van der Waals surface area (Å²) in [6.45, 7) is 5.86. The molecule has 0 amide bonds. The number of anilines is 1. The van der Waals surface area contributed by atoms with Gasteiger partial charge in [0.2, 0.25) is 0 Å². The van der Waals surface area contributed by atoms with Crippen LogP contribution in [0.15, 0.2) is 10.6 Å². The molecule has 0 aliphatic carbocycles. The molecule has 1 aromatic heterocycles. The highest BCUT2D eigenvalue weighted by molar-refractivity contribution is 7.80. The molecule has 0 unspecified atom stereocenters. The molecule has 1 aromatic rings. The Hall–Kier alpha value is -1.10. The highest BCUT2D eigenvalue weighted by Crippen LogP contribution is 2.06. The maximum atomic E-state index is 5.02. The molecule has 0 atom stereocenters. The fourth-order valence-electron chi connectivity index (χ4n) is 0.840. The second-order valence-electron chi connectivity index (χ2n) is 3.08. The van der Waals surface area contributed by atoms with E-state index >= 15 is 0 Å². The average molecular weight is 199 g/mol. The van der Waals surface area contributed by atoms with Gasteiger partial charge in [0.1, 0.15) is 5.76 Å². The molecule has 0 radical (unpaired) electrons. The van der Waals surface area contributed by atoms with Crippen molar-refractivity contribution in [1.29, 1.82) is 0 Å². The van der Waals surface area contributed by atoms with Gasteiger partial charge in [-0.05, 0) is 33.0 Å². The van der Waals surface area contributed by atoms with Gasteiger partial charge < -0.3 is 15.2 Å². The summed E-state index contributed by atoms with van der Waals surface area (Å²) in [6.07, 6.45) is 0. The number of thiocarbonyl (C=S) groups is 1. The van der Waals surface area contributed by atoms with Crippen LogP contribution in [-0.4, -0.2) is 16.3 Å². The minimum atomic E-state index is 0.313. The van der Waals surface area contributed by atoms with Crippen molar-refractivity contribution >= 4 is 23.1 Å². The average Bonchev–Trinajstić information content (AvgIpc) is 2.33. The normalized spacial score (nSPS) is 10.2. The molecule has 5 heteroatoms. The zero-order valence-electron chi connectivity index (χ0n) is 7.92. The van der Waals surface area contributed by atoms with E-state index in [0.29, 0.717) is 17.0 Å². The van der Waals surface area contributed by atoms with Gasteiger partial charge >= 0.3 is 0 Å². The molecule has 0 aromatic carbocycles. The first-order valence-corrected chi connectivity index (χ1v) is 4.49. The van der Waals surface area contributed by atoms with Crippen molar-refractivity contribution in [3.8, 4) is 0 Å². The van der Waals surface area contributed by atoms with Crippen LogP contribution >= 0.6 is 12.2 Å². The van der Waals surface area contributed by atoms with Gasteiger partial charge in [0.15, 0.2) is 10.9 Å². The van der Waals surface area contributed by atoms with E-state index in [1.165, 1.54) is 0 Å². The van der Waals surface area contributed by atoms with Gasteiger partial charge in [-0.1, -0.05) is 5.16 Å². The number of aromatic nitrogens is 1. The van der Waals surface area contributed by atoms with E-state index in [4.69, 9.17) is 16.7 Å². The minimum absolute atomic E-state index is 0.313. The van der Waals surface area contributed by atoms with Gasteiger partial charge in [-0.25, -0.2) is 0 Å². The Bertz CT molecular complexity index is 295. The van der Waals surface area contributed by atoms with Crippen LogP contribution in [0.3, 0.4) is 0 Å². The van der Waals surface area contributed by atoms with Crippen molar-refractivity contribution in [1.82, 2.24) is 10.5 Å². The van der Waals surface area contributed by atoms with E-state index in [1.54, 1.807) is 6.07 Å². The van der Waals surface area contributed by atoms with Crippen LogP contribution in [0.4, 0.5) is 5.82 Å². The smallest absolute Gasteiger partial charge is 0.175 e. The second kappa shape index (κ2) is 4.23. The SMILES string of the molecule is Cc1cc(NC(=S)NC(C)C)no1. The molecule has 1 heterocycles.